The van der Waals surface area contributed by atoms with Gasteiger partial charge in [-0.15, -0.1) is 5.10 Å². The van der Waals surface area contributed by atoms with Gasteiger partial charge in [-0.05, 0) is 64.0 Å². The van der Waals surface area contributed by atoms with Gasteiger partial charge >= 0.3 is 5.97 Å². The fraction of sp³-hybridized carbons (Fsp3) is 0.500. The second-order valence-electron chi connectivity index (χ2n) is 6.31. The normalized spacial score (nSPS) is 16.1. The molecule has 0 N–H and O–H groups in total. The second-order valence-corrected chi connectivity index (χ2v) is 6.31. The van der Waals surface area contributed by atoms with Crippen molar-refractivity contribution < 1.29 is 13.9 Å². The minimum atomic E-state index is -0.272. The van der Waals surface area contributed by atoms with Crippen molar-refractivity contribution in [3.05, 3.63) is 41.5 Å². The minimum Gasteiger partial charge on any atom is -0.466 e. The summed E-state index contributed by atoms with van der Waals surface area (Å²) in [6, 6.07) is 6.20. The van der Waals surface area contributed by atoms with E-state index in [2.05, 4.69) is 15.2 Å². The molecule has 0 bridgehead atoms. The number of likely N-dealkylation sites (tertiary alicyclic amines) is 1. The van der Waals surface area contributed by atoms with Gasteiger partial charge in [0.2, 0.25) is 0 Å². The third-order valence-corrected chi connectivity index (χ3v) is 4.64. The van der Waals surface area contributed by atoms with Crippen LogP contribution >= 0.6 is 0 Å². The highest BCUT2D eigenvalue weighted by atomic mass is 19.1. The van der Waals surface area contributed by atoms with Gasteiger partial charge in [0, 0.05) is 6.54 Å². The van der Waals surface area contributed by atoms with Gasteiger partial charge in [-0.2, -0.15) is 0 Å². The summed E-state index contributed by atoms with van der Waals surface area (Å²) >= 11 is 0. The lowest BCUT2D eigenvalue weighted by molar-refractivity contribution is -0.149. The second kappa shape index (κ2) is 7.74. The lowest BCUT2D eigenvalue weighted by Gasteiger charge is -2.30. The van der Waals surface area contributed by atoms with Crippen LogP contribution in [-0.4, -0.2) is 45.6 Å². The molecular weight excluding hydrogens is 323 g/mol. The average molecular weight is 346 g/mol. The summed E-state index contributed by atoms with van der Waals surface area (Å²) < 4.78 is 19.9. The summed E-state index contributed by atoms with van der Waals surface area (Å²) in [5.74, 6) is -0.348. The number of piperidine rings is 1. The summed E-state index contributed by atoms with van der Waals surface area (Å²) in [4.78, 5) is 14.1. The van der Waals surface area contributed by atoms with Crippen molar-refractivity contribution in [1.29, 1.82) is 0 Å². The first-order valence-electron chi connectivity index (χ1n) is 8.64. The lowest BCUT2D eigenvalue weighted by atomic mass is 9.97. The fourth-order valence-electron chi connectivity index (χ4n) is 3.13. The highest BCUT2D eigenvalue weighted by molar-refractivity contribution is 5.72. The van der Waals surface area contributed by atoms with Crippen LogP contribution in [0.3, 0.4) is 0 Å². The Morgan fingerprint density at radius 2 is 1.96 bits per heavy atom. The third kappa shape index (κ3) is 4.04. The monoisotopic (exact) mass is 346 g/mol. The standard InChI is InChI=1S/C18H23FN4O2/c1-3-25-18(24)14-8-10-22(11-9-14)12-17-13(2)23(21-20-17)16-6-4-15(19)5-7-16/h4-7,14H,3,8-12H2,1-2H3. The van der Waals surface area contributed by atoms with Gasteiger partial charge in [0.05, 0.1) is 23.9 Å². The zero-order valence-electron chi connectivity index (χ0n) is 14.6. The van der Waals surface area contributed by atoms with Gasteiger partial charge in [-0.3, -0.25) is 9.69 Å². The minimum absolute atomic E-state index is 0.00666. The molecule has 0 atom stereocenters. The number of benzene rings is 1. The molecule has 134 valence electrons. The smallest absolute Gasteiger partial charge is 0.309 e. The molecule has 25 heavy (non-hydrogen) atoms. The predicted molar refractivity (Wildman–Crippen MR) is 90.7 cm³/mol. The molecule has 1 saturated heterocycles. The third-order valence-electron chi connectivity index (χ3n) is 4.64. The molecule has 0 saturated carbocycles. The largest absolute Gasteiger partial charge is 0.466 e. The van der Waals surface area contributed by atoms with E-state index in [9.17, 15) is 9.18 Å². The first-order valence-corrected chi connectivity index (χ1v) is 8.64. The summed E-state index contributed by atoms with van der Waals surface area (Å²) in [7, 11) is 0. The number of nitrogens with zero attached hydrogens (tertiary/aromatic N) is 4. The van der Waals surface area contributed by atoms with E-state index in [0.717, 1.165) is 43.0 Å². The summed E-state index contributed by atoms with van der Waals surface area (Å²) in [5.41, 5.74) is 2.64. The van der Waals surface area contributed by atoms with Gasteiger partial charge < -0.3 is 4.74 Å². The number of ether oxygens (including phenoxy) is 1. The van der Waals surface area contributed by atoms with Crippen LogP contribution in [0, 0.1) is 18.7 Å². The first kappa shape index (κ1) is 17.5. The van der Waals surface area contributed by atoms with E-state index >= 15 is 0 Å². The number of hydrogen-bond acceptors (Lipinski definition) is 5. The summed E-state index contributed by atoms with van der Waals surface area (Å²) in [6.07, 6.45) is 1.62. The highest BCUT2D eigenvalue weighted by Crippen LogP contribution is 2.21. The van der Waals surface area contributed by atoms with E-state index in [1.54, 1.807) is 16.8 Å². The van der Waals surface area contributed by atoms with E-state index < -0.39 is 0 Å². The number of carbonyl (C=O) groups excluding carboxylic acids is 1. The maximum absolute atomic E-state index is 13.1. The van der Waals surface area contributed by atoms with Crippen molar-refractivity contribution in [2.75, 3.05) is 19.7 Å². The van der Waals surface area contributed by atoms with E-state index in [1.165, 1.54) is 12.1 Å². The van der Waals surface area contributed by atoms with E-state index in [4.69, 9.17) is 4.74 Å². The number of carbonyl (C=O) groups is 1. The number of rotatable bonds is 5. The number of halogens is 1. The van der Waals surface area contributed by atoms with E-state index in [0.29, 0.717) is 13.2 Å². The molecule has 1 aliphatic rings. The van der Waals surface area contributed by atoms with Crippen LogP contribution in [0.25, 0.3) is 5.69 Å². The van der Waals surface area contributed by atoms with Crippen LogP contribution in [0.2, 0.25) is 0 Å². The Morgan fingerprint density at radius 1 is 1.28 bits per heavy atom. The van der Waals surface area contributed by atoms with Crippen LogP contribution in [0.4, 0.5) is 4.39 Å². The molecule has 1 aliphatic heterocycles. The Labute approximate surface area is 146 Å². The van der Waals surface area contributed by atoms with Crippen LogP contribution < -0.4 is 0 Å². The molecule has 7 heteroatoms. The van der Waals surface area contributed by atoms with Crippen molar-refractivity contribution >= 4 is 5.97 Å². The predicted octanol–water partition coefficient (Wildman–Crippen LogP) is 2.49. The molecule has 0 unspecified atom stereocenters. The average Bonchev–Trinajstić information content (AvgIpc) is 2.97. The maximum Gasteiger partial charge on any atom is 0.309 e. The summed E-state index contributed by atoms with van der Waals surface area (Å²) in [6.45, 7) is 6.61. The quantitative estimate of drug-likeness (QED) is 0.779. The van der Waals surface area contributed by atoms with Crippen molar-refractivity contribution in [1.82, 2.24) is 19.9 Å². The van der Waals surface area contributed by atoms with Gasteiger partial charge in [-0.25, -0.2) is 9.07 Å². The Hall–Kier alpha value is -2.28. The van der Waals surface area contributed by atoms with Crippen LogP contribution in [0.1, 0.15) is 31.2 Å². The number of aromatic nitrogens is 3. The molecule has 0 amide bonds. The van der Waals surface area contributed by atoms with E-state index in [1.807, 2.05) is 13.8 Å². The molecule has 6 nitrogen and oxygen atoms in total. The van der Waals surface area contributed by atoms with E-state index in [-0.39, 0.29) is 17.7 Å². The Kier molecular flexibility index (Phi) is 5.43. The number of hydrogen-bond donors (Lipinski definition) is 0. The van der Waals surface area contributed by atoms with Crippen LogP contribution in [0.5, 0.6) is 0 Å². The van der Waals surface area contributed by atoms with Gasteiger partial charge in [0.15, 0.2) is 0 Å². The molecule has 0 aliphatic carbocycles. The molecule has 2 heterocycles. The lowest BCUT2D eigenvalue weighted by Crippen LogP contribution is -2.36. The molecule has 1 aromatic heterocycles. The van der Waals surface area contributed by atoms with Crippen molar-refractivity contribution in [3.8, 4) is 5.69 Å². The van der Waals surface area contributed by atoms with Gasteiger partial charge in [0.25, 0.3) is 0 Å². The molecule has 2 aromatic rings. The topological polar surface area (TPSA) is 60.2 Å². The SMILES string of the molecule is CCOC(=O)C1CCN(Cc2nnn(-c3ccc(F)cc3)c2C)CC1. The Bertz CT molecular complexity index is 721. The van der Waals surface area contributed by atoms with Gasteiger partial charge in [-0.1, -0.05) is 5.21 Å². The molecular formula is C18H23FN4O2. The highest BCUT2D eigenvalue weighted by Gasteiger charge is 2.26. The molecule has 3 rings (SSSR count). The van der Waals surface area contributed by atoms with Crippen molar-refractivity contribution in [3.63, 3.8) is 0 Å². The molecule has 1 aromatic carbocycles. The van der Waals surface area contributed by atoms with Crippen molar-refractivity contribution in [2.45, 2.75) is 33.2 Å². The summed E-state index contributed by atoms with van der Waals surface area (Å²) in [5, 5.41) is 8.47. The van der Waals surface area contributed by atoms with Crippen molar-refractivity contribution in [2.24, 2.45) is 5.92 Å². The zero-order chi connectivity index (χ0) is 17.8. The molecule has 1 fully saturated rings. The molecule has 0 spiro atoms. The fourth-order valence-corrected chi connectivity index (χ4v) is 3.13. The number of esters is 1. The zero-order valence-corrected chi connectivity index (χ0v) is 14.6. The Balaban J connectivity index is 1.61. The van der Waals surface area contributed by atoms with Crippen LogP contribution in [0.15, 0.2) is 24.3 Å². The van der Waals surface area contributed by atoms with Gasteiger partial charge in [0.1, 0.15) is 11.5 Å². The molecule has 0 radical (unpaired) electrons. The first-order chi connectivity index (χ1) is 12.1. The Morgan fingerprint density at radius 3 is 2.60 bits per heavy atom. The van der Waals surface area contributed by atoms with Crippen LogP contribution in [-0.2, 0) is 16.1 Å². The maximum atomic E-state index is 13.1.